The summed E-state index contributed by atoms with van der Waals surface area (Å²) in [5.74, 6) is -3.10. The number of rotatable bonds is 3. The van der Waals surface area contributed by atoms with Crippen LogP contribution in [0.2, 0.25) is 0 Å². The van der Waals surface area contributed by atoms with Crippen molar-refractivity contribution < 1.29 is 13.5 Å². The Morgan fingerprint density at radius 3 is 2.20 bits per heavy atom. The maximum Gasteiger partial charge on any atom is 0.301 e. The van der Waals surface area contributed by atoms with Crippen LogP contribution in [0.25, 0.3) is 0 Å². The number of ether oxygens (including phenoxy) is 1. The highest BCUT2D eigenvalue weighted by molar-refractivity contribution is 5.01. The van der Waals surface area contributed by atoms with Gasteiger partial charge >= 0.3 is 5.92 Å². The van der Waals surface area contributed by atoms with Crippen LogP contribution in [0.1, 0.15) is 20.8 Å². The number of hydrogen-bond donors (Lipinski definition) is 0. The molecule has 0 fully saturated rings. The summed E-state index contributed by atoms with van der Waals surface area (Å²) in [6, 6.07) is 0. The second-order valence-corrected chi connectivity index (χ2v) is 1.97. The molecule has 0 N–H and O–H groups in total. The average molecular weight is 150 g/mol. The van der Waals surface area contributed by atoms with Gasteiger partial charge in [-0.3, -0.25) is 0 Å². The lowest BCUT2D eigenvalue weighted by Gasteiger charge is -2.14. The van der Waals surface area contributed by atoms with Crippen LogP contribution in [0, 0.1) is 0 Å². The lowest BCUT2D eigenvalue weighted by Crippen LogP contribution is -2.16. The summed E-state index contributed by atoms with van der Waals surface area (Å²) in [6.45, 7) is 4.30. The third-order valence-electron chi connectivity index (χ3n) is 0.995. The zero-order valence-corrected chi connectivity index (χ0v) is 6.45. The van der Waals surface area contributed by atoms with Crippen molar-refractivity contribution in [2.75, 3.05) is 6.61 Å². The molecule has 0 aliphatic rings. The van der Waals surface area contributed by atoms with Gasteiger partial charge in [0, 0.05) is 6.92 Å². The highest BCUT2D eigenvalue weighted by Crippen LogP contribution is 2.23. The molecule has 0 unspecified atom stereocenters. The lowest BCUT2D eigenvalue weighted by atomic mass is 10.3. The first kappa shape index (κ1) is 9.40. The van der Waals surface area contributed by atoms with E-state index in [1.807, 2.05) is 0 Å². The molecule has 0 heterocycles. The molecule has 0 aromatic heterocycles. The Bertz CT molecular complexity index is 124. The van der Waals surface area contributed by atoms with Gasteiger partial charge in [-0.1, -0.05) is 0 Å². The quantitative estimate of drug-likeness (QED) is 0.562. The molecule has 3 heteroatoms. The van der Waals surface area contributed by atoms with Crippen molar-refractivity contribution in [3.8, 4) is 0 Å². The Morgan fingerprint density at radius 1 is 1.60 bits per heavy atom. The summed E-state index contributed by atoms with van der Waals surface area (Å²) in [7, 11) is 0. The largest absolute Gasteiger partial charge is 0.492 e. The van der Waals surface area contributed by atoms with E-state index in [-0.39, 0.29) is 12.4 Å². The van der Waals surface area contributed by atoms with E-state index in [9.17, 15) is 8.78 Å². The molecular formula is C7H12F2O. The second kappa shape index (κ2) is 3.54. The smallest absolute Gasteiger partial charge is 0.301 e. The number of alkyl halides is 2. The molecule has 0 saturated heterocycles. The standard InChI is InChI=1S/C7H12F2O/c1-4-6(10-5-2)7(3,8)9/h4H,5H2,1-3H3. The third-order valence-corrected chi connectivity index (χ3v) is 0.995. The monoisotopic (exact) mass is 150 g/mol. The van der Waals surface area contributed by atoms with Crippen molar-refractivity contribution in [3.63, 3.8) is 0 Å². The van der Waals surface area contributed by atoms with Crippen molar-refractivity contribution in [3.05, 3.63) is 11.8 Å². The van der Waals surface area contributed by atoms with E-state index in [0.717, 1.165) is 6.92 Å². The van der Waals surface area contributed by atoms with Crippen LogP contribution in [0.3, 0.4) is 0 Å². The van der Waals surface area contributed by atoms with Gasteiger partial charge in [-0.25, -0.2) is 0 Å². The van der Waals surface area contributed by atoms with Crippen molar-refractivity contribution in [1.29, 1.82) is 0 Å². The first-order valence-electron chi connectivity index (χ1n) is 3.19. The van der Waals surface area contributed by atoms with E-state index in [1.165, 1.54) is 13.0 Å². The predicted molar refractivity (Wildman–Crippen MR) is 36.0 cm³/mol. The lowest BCUT2D eigenvalue weighted by molar-refractivity contribution is -0.00343. The van der Waals surface area contributed by atoms with Gasteiger partial charge in [-0.05, 0) is 19.9 Å². The topological polar surface area (TPSA) is 9.23 Å². The highest BCUT2D eigenvalue weighted by atomic mass is 19.3. The fourth-order valence-electron chi connectivity index (χ4n) is 0.619. The minimum absolute atomic E-state index is 0.255. The Hall–Kier alpha value is -0.600. The van der Waals surface area contributed by atoms with Gasteiger partial charge in [0.2, 0.25) is 0 Å². The summed E-state index contributed by atoms with van der Waals surface area (Å²) < 4.78 is 29.4. The predicted octanol–water partition coefficient (Wildman–Crippen LogP) is 2.58. The third kappa shape index (κ3) is 2.80. The van der Waals surface area contributed by atoms with Gasteiger partial charge in [0.15, 0.2) is 5.76 Å². The summed E-state index contributed by atoms with van der Waals surface area (Å²) in [6.07, 6.45) is 1.28. The molecule has 0 atom stereocenters. The van der Waals surface area contributed by atoms with Gasteiger partial charge < -0.3 is 4.74 Å². The van der Waals surface area contributed by atoms with Crippen LogP contribution in [-0.4, -0.2) is 12.5 Å². The Labute approximate surface area is 59.7 Å². The van der Waals surface area contributed by atoms with E-state index < -0.39 is 5.92 Å². The van der Waals surface area contributed by atoms with Crippen LogP contribution in [0.4, 0.5) is 8.78 Å². The van der Waals surface area contributed by atoms with Gasteiger partial charge in [0.25, 0.3) is 0 Å². The van der Waals surface area contributed by atoms with Gasteiger partial charge in [0.05, 0.1) is 6.61 Å². The molecule has 0 amide bonds. The maximum absolute atomic E-state index is 12.4. The van der Waals surface area contributed by atoms with Crippen molar-refractivity contribution in [2.45, 2.75) is 26.7 Å². The van der Waals surface area contributed by atoms with Crippen LogP contribution < -0.4 is 0 Å². The Morgan fingerprint density at radius 2 is 2.10 bits per heavy atom. The molecule has 0 saturated carbocycles. The van der Waals surface area contributed by atoms with E-state index >= 15 is 0 Å². The molecule has 0 bridgehead atoms. The van der Waals surface area contributed by atoms with Gasteiger partial charge in [-0.2, -0.15) is 8.78 Å². The molecule has 0 aliphatic heterocycles. The molecule has 60 valence electrons. The summed E-state index contributed by atoms with van der Waals surface area (Å²) in [4.78, 5) is 0. The SMILES string of the molecule is CC=C(OCC)C(C)(F)F. The normalized spacial score (nSPS) is 13.5. The minimum Gasteiger partial charge on any atom is -0.492 e. The van der Waals surface area contributed by atoms with Crippen LogP contribution >= 0.6 is 0 Å². The fourth-order valence-corrected chi connectivity index (χ4v) is 0.619. The Balaban J connectivity index is 4.10. The molecule has 0 rings (SSSR count). The van der Waals surface area contributed by atoms with Gasteiger partial charge in [-0.15, -0.1) is 0 Å². The first-order chi connectivity index (χ1) is 4.52. The fraction of sp³-hybridized carbons (Fsp3) is 0.714. The summed E-state index contributed by atoms with van der Waals surface area (Å²) in [5, 5.41) is 0. The molecule has 0 spiro atoms. The number of hydrogen-bond acceptors (Lipinski definition) is 1. The first-order valence-corrected chi connectivity index (χ1v) is 3.19. The number of allylic oxidation sites excluding steroid dienone is 2. The molecule has 0 aromatic carbocycles. The van der Waals surface area contributed by atoms with Gasteiger partial charge in [0.1, 0.15) is 0 Å². The number of halogens is 2. The molecule has 0 radical (unpaired) electrons. The average Bonchev–Trinajstić information content (AvgIpc) is 1.80. The summed E-state index contributed by atoms with van der Waals surface area (Å²) in [5.41, 5.74) is 0. The molecule has 1 nitrogen and oxygen atoms in total. The highest BCUT2D eigenvalue weighted by Gasteiger charge is 2.28. The van der Waals surface area contributed by atoms with E-state index in [2.05, 4.69) is 4.74 Å². The molecular weight excluding hydrogens is 138 g/mol. The summed E-state index contributed by atoms with van der Waals surface area (Å²) >= 11 is 0. The van der Waals surface area contributed by atoms with Crippen LogP contribution in [0.15, 0.2) is 11.8 Å². The molecule has 10 heavy (non-hydrogen) atoms. The zero-order valence-electron chi connectivity index (χ0n) is 6.45. The zero-order chi connectivity index (χ0) is 8.20. The molecule has 0 aliphatic carbocycles. The second-order valence-electron chi connectivity index (χ2n) is 1.97. The van der Waals surface area contributed by atoms with Crippen LogP contribution in [-0.2, 0) is 4.74 Å². The van der Waals surface area contributed by atoms with Crippen molar-refractivity contribution in [1.82, 2.24) is 0 Å². The van der Waals surface area contributed by atoms with E-state index in [1.54, 1.807) is 6.92 Å². The van der Waals surface area contributed by atoms with Crippen LogP contribution in [0.5, 0.6) is 0 Å². The van der Waals surface area contributed by atoms with Crippen molar-refractivity contribution >= 4 is 0 Å². The molecule has 0 aromatic rings. The van der Waals surface area contributed by atoms with Crippen molar-refractivity contribution in [2.24, 2.45) is 0 Å². The maximum atomic E-state index is 12.4. The Kier molecular flexibility index (Phi) is 3.33. The van der Waals surface area contributed by atoms with E-state index in [0.29, 0.717) is 0 Å². The van der Waals surface area contributed by atoms with E-state index in [4.69, 9.17) is 0 Å². The minimum atomic E-state index is -2.84.